The van der Waals surface area contributed by atoms with E-state index in [-0.39, 0.29) is 5.91 Å². The lowest BCUT2D eigenvalue weighted by molar-refractivity contribution is 0.0938. The maximum Gasteiger partial charge on any atom is 0.251 e. The van der Waals surface area contributed by atoms with Crippen molar-refractivity contribution in [3.8, 4) is 0 Å². The first-order valence-electron chi connectivity index (χ1n) is 11.7. The highest BCUT2D eigenvalue weighted by molar-refractivity contribution is 5.94. The fraction of sp³-hybridized carbons (Fsp3) is 0.500. The van der Waals surface area contributed by atoms with Gasteiger partial charge < -0.3 is 10.2 Å². The molecule has 1 N–H and O–H groups in total. The number of nitrogens with zero attached hydrogens (tertiary/aromatic N) is 2. The minimum absolute atomic E-state index is 0.0811. The number of piperidine rings is 1. The first-order chi connectivity index (χ1) is 14.8. The molecule has 2 heterocycles. The van der Waals surface area contributed by atoms with Gasteiger partial charge in [0.2, 0.25) is 0 Å². The molecule has 2 aromatic carbocycles. The summed E-state index contributed by atoms with van der Waals surface area (Å²) in [6.07, 6.45) is 8.34. The van der Waals surface area contributed by atoms with Gasteiger partial charge in [-0.2, -0.15) is 0 Å². The van der Waals surface area contributed by atoms with Crippen molar-refractivity contribution in [2.75, 3.05) is 24.5 Å². The number of fused-ring (bicyclic) bond motifs is 1. The quantitative estimate of drug-likeness (QED) is 0.823. The van der Waals surface area contributed by atoms with Crippen molar-refractivity contribution in [2.24, 2.45) is 0 Å². The summed E-state index contributed by atoms with van der Waals surface area (Å²) in [5, 5.41) is 3.19. The van der Waals surface area contributed by atoms with Gasteiger partial charge in [0.25, 0.3) is 5.91 Å². The highest BCUT2D eigenvalue weighted by atomic mass is 16.1. The smallest absolute Gasteiger partial charge is 0.251 e. The van der Waals surface area contributed by atoms with Crippen LogP contribution in [-0.2, 0) is 13.0 Å². The zero-order valence-corrected chi connectivity index (χ0v) is 17.9. The Kier molecular flexibility index (Phi) is 5.76. The molecule has 2 aliphatic heterocycles. The molecule has 0 atom stereocenters. The first kappa shape index (κ1) is 19.6. The lowest BCUT2D eigenvalue weighted by Gasteiger charge is -2.41. The molecule has 4 heteroatoms. The van der Waals surface area contributed by atoms with Crippen molar-refractivity contribution in [1.82, 2.24) is 10.2 Å². The molecule has 0 unspecified atom stereocenters. The summed E-state index contributed by atoms with van der Waals surface area (Å²) in [4.78, 5) is 17.6. The summed E-state index contributed by atoms with van der Waals surface area (Å²) in [6.45, 7) is 4.48. The Morgan fingerprint density at radius 1 is 0.833 bits per heavy atom. The number of nitrogens with one attached hydrogen (secondary N) is 1. The molecular formula is C26H33N3O. The average Bonchev–Trinajstić information content (AvgIpc) is 3.32. The van der Waals surface area contributed by atoms with Crippen molar-refractivity contribution in [1.29, 1.82) is 0 Å². The molecule has 2 aromatic rings. The number of rotatable bonds is 4. The van der Waals surface area contributed by atoms with E-state index in [0.717, 1.165) is 38.0 Å². The summed E-state index contributed by atoms with van der Waals surface area (Å²) >= 11 is 0. The zero-order chi connectivity index (χ0) is 20.3. The van der Waals surface area contributed by atoms with Crippen molar-refractivity contribution >= 4 is 11.6 Å². The third-order valence-electron chi connectivity index (χ3n) is 7.33. The normalized spacial score (nSPS) is 20.9. The number of anilines is 1. The molecule has 1 amide bonds. The van der Waals surface area contributed by atoms with Crippen LogP contribution in [0.1, 0.15) is 60.0 Å². The van der Waals surface area contributed by atoms with Gasteiger partial charge in [0.1, 0.15) is 0 Å². The molecule has 30 heavy (non-hydrogen) atoms. The van der Waals surface area contributed by atoms with E-state index in [1.807, 2.05) is 12.1 Å². The highest BCUT2D eigenvalue weighted by Crippen LogP contribution is 2.27. The van der Waals surface area contributed by atoms with E-state index in [1.165, 1.54) is 55.5 Å². The van der Waals surface area contributed by atoms with Crippen LogP contribution in [0.4, 0.5) is 5.69 Å². The van der Waals surface area contributed by atoms with Gasteiger partial charge in [-0.25, -0.2) is 0 Å². The van der Waals surface area contributed by atoms with Gasteiger partial charge in [0.15, 0.2) is 0 Å². The summed E-state index contributed by atoms with van der Waals surface area (Å²) < 4.78 is 0. The van der Waals surface area contributed by atoms with Gasteiger partial charge in [-0.15, -0.1) is 0 Å². The number of carbonyl (C=O) groups excluding carboxylic acids is 1. The number of hydrogen-bond acceptors (Lipinski definition) is 3. The molecule has 158 valence electrons. The van der Waals surface area contributed by atoms with Gasteiger partial charge in [0.05, 0.1) is 0 Å². The van der Waals surface area contributed by atoms with Crippen LogP contribution in [0, 0.1) is 0 Å². The molecule has 1 saturated carbocycles. The molecule has 0 bridgehead atoms. The maximum atomic E-state index is 12.5. The molecular weight excluding hydrogens is 370 g/mol. The number of benzene rings is 2. The van der Waals surface area contributed by atoms with Crippen molar-refractivity contribution in [2.45, 2.75) is 63.6 Å². The number of carbonyl (C=O) groups is 1. The van der Waals surface area contributed by atoms with Crippen molar-refractivity contribution in [3.63, 3.8) is 0 Å². The second kappa shape index (κ2) is 8.81. The van der Waals surface area contributed by atoms with Crippen LogP contribution in [0.25, 0.3) is 0 Å². The SMILES string of the molecule is O=C(NC1CCCC1)c1ccc(N2CCC(N3CCc4ccccc4C3)CC2)cc1. The van der Waals surface area contributed by atoms with E-state index in [2.05, 4.69) is 51.5 Å². The van der Waals surface area contributed by atoms with E-state index in [9.17, 15) is 4.79 Å². The second-order valence-electron chi connectivity index (χ2n) is 9.21. The molecule has 0 aromatic heterocycles. The molecule has 4 nitrogen and oxygen atoms in total. The molecule has 0 radical (unpaired) electrons. The summed E-state index contributed by atoms with van der Waals surface area (Å²) in [5.41, 5.74) is 5.07. The standard InChI is InChI=1S/C26H33N3O/c30-26(27-23-7-3-4-8-23)21-9-11-24(12-10-21)28-17-14-25(15-18-28)29-16-13-20-5-1-2-6-22(20)19-29/h1-2,5-6,9-12,23,25H,3-4,7-8,13-19H2,(H,27,30). The van der Waals surface area contributed by atoms with E-state index in [1.54, 1.807) is 0 Å². The Bertz CT molecular complexity index is 864. The molecule has 0 spiro atoms. The number of amides is 1. The summed E-state index contributed by atoms with van der Waals surface area (Å²) in [6, 6.07) is 18.2. The Labute approximate surface area is 180 Å². The minimum atomic E-state index is 0.0811. The lowest BCUT2D eigenvalue weighted by atomic mass is 9.95. The van der Waals surface area contributed by atoms with Crippen molar-refractivity contribution in [3.05, 3.63) is 65.2 Å². The Balaban J connectivity index is 1.14. The fourth-order valence-electron chi connectivity index (χ4n) is 5.48. The molecule has 5 rings (SSSR count). The van der Waals surface area contributed by atoms with Gasteiger partial charge in [-0.1, -0.05) is 37.1 Å². The molecule has 2 fully saturated rings. The predicted molar refractivity (Wildman–Crippen MR) is 122 cm³/mol. The topological polar surface area (TPSA) is 35.6 Å². The van der Waals surface area contributed by atoms with Crippen LogP contribution < -0.4 is 10.2 Å². The van der Waals surface area contributed by atoms with Gasteiger partial charge in [0, 0.05) is 49.5 Å². The van der Waals surface area contributed by atoms with Crippen LogP contribution in [0.15, 0.2) is 48.5 Å². The number of hydrogen-bond donors (Lipinski definition) is 1. The second-order valence-corrected chi connectivity index (χ2v) is 9.21. The fourth-order valence-corrected chi connectivity index (χ4v) is 5.48. The van der Waals surface area contributed by atoms with E-state index in [0.29, 0.717) is 12.1 Å². The third-order valence-corrected chi connectivity index (χ3v) is 7.33. The van der Waals surface area contributed by atoms with E-state index >= 15 is 0 Å². The third kappa shape index (κ3) is 4.24. The average molecular weight is 404 g/mol. The predicted octanol–water partition coefficient (Wildman–Crippen LogP) is 4.39. The Morgan fingerprint density at radius 2 is 1.53 bits per heavy atom. The first-order valence-corrected chi connectivity index (χ1v) is 11.7. The molecule has 3 aliphatic rings. The molecule has 1 saturated heterocycles. The highest BCUT2D eigenvalue weighted by Gasteiger charge is 2.27. The molecule has 1 aliphatic carbocycles. The largest absolute Gasteiger partial charge is 0.371 e. The van der Waals surface area contributed by atoms with E-state index in [4.69, 9.17) is 0 Å². The van der Waals surface area contributed by atoms with Crippen LogP contribution in [0.5, 0.6) is 0 Å². The van der Waals surface area contributed by atoms with Crippen LogP contribution in [0.3, 0.4) is 0 Å². The summed E-state index contributed by atoms with van der Waals surface area (Å²) in [7, 11) is 0. The van der Waals surface area contributed by atoms with Gasteiger partial charge in [-0.05, 0) is 67.5 Å². The van der Waals surface area contributed by atoms with Crippen molar-refractivity contribution < 1.29 is 4.79 Å². The lowest BCUT2D eigenvalue weighted by Crippen LogP contribution is -2.46. The summed E-state index contributed by atoms with van der Waals surface area (Å²) in [5.74, 6) is 0.0811. The van der Waals surface area contributed by atoms with E-state index < -0.39 is 0 Å². The minimum Gasteiger partial charge on any atom is -0.371 e. The van der Waals surface area contributed by atoms with Gasteiger partial charge in [-0.3, -0.25) is 9.69 Å². The van der Waals surface area contributed by atoms with Crippen LogP contribution in [0.2, 0.25) is 0 Å². The maximum absolute atomic E-state index is 12.5. The Hall–Kier alpha value is -2.33. The van der Waals surface area contributed by atoms with Crippen LogP contribution in [-0.4, -0.2) is 42.5 Å². The Morgan fingerprint density at radius 3 is 2.27 bits per heavy atom. The monoisotopic (exact) mass is 403 g/mol. The van der Waals surface area contributed by atoms with Crippen LogP contribution >= 0.6 is 0 Å². The van der Waals surface area contributed by atoms with Gasteiger partial charge >= 0.3 is 0 Å². The zero-order valence-electron chi connectivity index (χ0n) is 17.9.